The van der Waals surface area contributed by atoms with Gasteiger partial charge in [0.2, 0.25) is 0 Å². The molecule has 20 heavy (non-hydrogen) atoms. The number of non-ortho nitro benzene ring substituents is 1. The summed E-state index contributed by atoms with van der Waals surface area (Å²) < 4.78 is 0. The first-order valence-electron chi connectivity index (χ1n) is 6.31. The molecular formula is C15H17N3O2. The molecule has 5 heteroatoms. The predicted molar refractivity (Wildman–Crippen MR) is 81.2 cm³/mol. The lowest BCUT2D eigenvalue weighted by Crippen LogP contribution is -2.08. The number of nitrogens with zero attached hydrogens (tertiary/aromatic N) is 2. The molecule has 0 bridgehead atoms. The molecule has 0 fully saturated rings. The smallest absolute Gasteiger partial charge is 0.269 e. The summed E-state index contributed by atoms with van der Waals surface area (Å²) in [4.78, 5) is 12.4. The maximum atomic E-state index is 10.7. The maximum Gasteiger partial charge on any atom is 0.269 e. The first-order valence-corrected chi connectivity index (χ1v) is 6.31. The Hall–Kier alpha value is -2.56. The van der Waals surface area contributed by atoms with E-state index in [-0.39, 0.29) is 10.6 Å². The molecule has 0 heterocycles. The monoisotopic (exact) mass is 271 g/mol. The molecule has 0 spiro atoms. The first kappa shape index (κ1) is 13.9. The highest BCUT2D eigenvalue weighted by atomic mass is 16.6. The van der Waals surface area contributed by atoms with Crippen molar-refractivity contribution in [2.75, 3.05) is 24.3 Å². The second-order valence-corrected chi connectivity index (χ2v) is 4.72. The molecule has 5 nitrogen and oxygen atoms in total. The second-order valence-electron chi connectivity index (χ2n) is 4.72. The van der Waals surface area contributed by atoms with Gasteiger partial charge in [-0.2, -0.15) is 0 Å². The number of hydrogen-bond acceptors (Lipinski definition) is 4. The second kappa shape index (κ2) is 6.06. The van der Waals surface area contributed by atoms with Gasteiger partial charge in [-0.15, -0.1) is 0 Å². The molecule has 0 aromatic heterocycles. The minimum Gasteiger partial charge on any atom is -0.381 e. The van der Waals surface area contributed by atoms with Crippen LogP contribution in [0.3, 0.4) is 0 Å². The fourth-order valence-corrected chi connectivity index (χ4v) is 1.86. The van der Waals surface area contributed by atoms with Crippen LogP contribution in [0, 0.1) is 10.1 Å². The van der Waals surface area contributed by atoms with Crippen LogP contribution in [0.4, 0.5) is 17.1 Å². The number of hydrogen-bond donors (Lipinski definition) is 1. The van der Waals surface area contributed by atoms with Crippen molar-refractivity contribution in [1.29, 1.82) is 0 Å². The van der Waals surface area contributed by atoms with Gasteiger partial charge >= 0.3 is 0 Å². The molecule has 0 amide bonds. The van der Waals surface area contributed by atoms with Crippen LogP contribution in [-0.2, 0) is 6.54 Å². The van der Waals surface area contributed by atoms with Crippen molar-refractivity contribution in [3.8, 4) is 0 Å². The molecule has 2 rings (SSSR count). The molecule has 2 aromatic rings. The number of anilines is 2. The summed E-state index contributed by atoms with van der Waals surface area (Å²) in [5.74, 6) is 0. The lowest BCUT2D eigenvalue weighted by Gasteiger charge is -2.13. The van der Waals surface area contributed by atoms with Gasteiger partial charge in [0.15, 0.2) is 0 Å². The zero-order chi connectivity index (χ0) is 14.5. The van der Waals surface area contributed by atoms with E-state index in [9.17, 15) is 10.1 Å². The van der Waals surface area contributed by atoms with Crippen molar-refractivity contribution in [1.82, 2.24) is 0 Å². The van der Waals surface area contributed by atoms with Crippen LogP contribution in [-0.4, -0.2) is 19.0 Å². The normalized spacial score (nSPS) is 10.1. The molecule has 1 N–H and O–H groups in total. The van der Waals surface area contributed by atoms with Crippen LogP contribution in [0.25, 0.3) is 0 Å². The molecule has 0 unspecified atom stereocenters. The molecule has 0 radical (unpaired) electrons. The highest BCUT2D eigenvalue weighted by Gasteiger charge is 2.05. The summed E-state index contributed by atoms with van der Waals surface area (Å²) in [6.07, 6.45) is 0. The minimum absolute atomic E-state index is 0.118. The Labute approximate surface area is 118 Å². The van der Waals surface area contributed by atoms with E-state index in [1.165, 1.54) is 6.07 Å². The Balaban J connectivity index is 2.01. The summed E-state index contributed by atoms with van der Waals surface area (Å²) in [5.41, 5.74) is 3.12. The zero-order valence-corrected chi connectivity index (χ0v) is 11.5. The topological polar surface area (TPSA) is 58.4 Å². The van der Waals surface area contributed by atoms with Crippen molar-refractivity contribution >= 4 is 17.1 Å². The van der Waals surface area contributed by atoms with E-state index in [0.29, 0.717) is 6.54 Å². The van der Waals surface area contributed by atoms with Crippen molar-refractivity contribution in [2.24, 2.45) is 0 Å². The fraction of sp³-hybridized carbons (Fsp3) is 0.200. The Morgan fingerprint density at radius 3 is 2.45 bits per heavy atom. The van der Waals surface area contributed by atoms with Crippen LogP contribution in [0.1, 0.15) is 5.56 Å². The number of nitro groups is 1. The highest BCUT2D eigenvalue weighted by molar-refractivity contribution is 5.54. The van der Waals surface area contributed by atoms with Crippen LogP contribution < -0.4 is 10.2 Å². The third-order valence-electron chi connectivity index (χ3n) is 3.00. The van der Waals surface area contributed by atoms with Gasteiger partial charge in [0.05, 0.1) is 4.92 Å². The largest absolute Gasteiger partial charge is 0.381 e. The van der Waals surface area contributed by atoms with E-state index in [4.69, 9.17) is 0 Å². The average molecular weight is 271 g/mol. The summed E-state index contributed by atoms with van der Waals surface area (Å²) in [5, 5.41) is 14.0. The van der Waals surface area contributed by atoms with Crippen LogP contribution in [0.2, 0.25) is 0 Å². The van der Waals surface area contributed by atoms with Gasteiger partial charge in [0.1, 0.15) is 0 Å². The van der Waals surface area contributed by atoms with E-state index in [2.05, 4.69) is 5.32 Å². The van der Waals surface area contributed by atoms with Crippen molar-refractivity contribution in [3.63, 3.8) is 0 Å². The molecule has 0 aliphatic rings. The van der Waals surface area contributed by atoms with E-state index in [1.807, 2.05) is 49.3 Å². The SMILES string of the molecule is CN(C)c1ccc(NCc2cccc([N+](=O)[O-])c2)cc1. The van der Waals surface area contributed by atoms with Crippen LogP contribution >= 0.6 is 0 Å². The van der Waals surface area contributed by atoms with Gasteiger partial charge in [0.25, 0.3) is 5.69 Å². The standard InChI is InChI=1S/C15H17N3O2/c1-17(2)14-8-6-13(7-9-14)16-11-12-4-3-5-15(10-12)18(19)20/h3-10,16H,11H2,1-2H3. The first-order chi connectivity index (χ1) is 9.56. The van der Waals surface area contributed by atoms with E-state index >= 15 is 0 Å². The summed E-state index contributed by atoms with van der Waals surface area (Å²) in [6, 6.07) is 14.7. The van der Waals surface area contributed by atoms with Gasteiger partial charge in [0, 0.05) is 44.1 Å². The fourth-order valence-electron chi connectivity index (χ4n) is 1.86. The third-order valence-corrected chi connectivity index (χ3v) is 3.00. The highest BCUT2D eigenvalue weighted by Crippen LogP contribution is 2.18. The van der Waals surface area contributed by atoms with Crippen molar-refractivity contribution in [2.45, 2.75) is 6.54 Å². The quantitative estimate of drug-likeness (QED) is 0.669. The Morgan fingerprint density at radius 1 is 1.15 bits per heavy atom. The van der Waals surface area contributed by atoms with E-state index < -0.39 is 0 Å². The summed E-state index contributed by atoms with van der Waals surface area (Å²) in [6.45, 7) is 0.559. The molecule has 0 saturated heterocycles. The molecular weight excluding hydrogens is 254 g/mol. The van der Waals surface area contributed by atoms with Crippen molar-refractivity contribution < 1.29 is 4.92 Å². The number of nitro benzene ring substituents is 1. The lowest BCUT2D eigenvalue weighted by atomic mass is 10.2. The molecule has 0 aliphatic carbocycles. The molecule has 104 valence electrons. The zero-order valence-electron chi connectivity index (χ0n) is 11.5. The van der Waals surface area contributed by atoms with Crippen LogP contribution in [0.5, 0.6) is 0 Å². The van der Waals surface area contributed by atoms with Gasteiger partial charge in [-0.05, 0) is 29.8 Å². The summed E-state index contributed by atoms with van der Waals surface area (Å²) >= 11 is 0. The van der Waals surface area contributed by atoms with E-state index in [1.54, 1.807) is 12.1 Å². The van der Waals surface area contributed by atoms with E-state index in [0.717, 1.165) is 16.9 Å². The Kier molecular flexibility index (Phi) is 4.20. The molecule has 2 aromatic carbocycles. The summed E-state index contributed by atoms with van der Waals surface area (Å²) in [7, 11) is 3.98. The lowest BCUT2D eigenvalue weighted by molar-refractivity contribution is -0.384. The van der Waals surface area contributed by atoms with Gasteiger partial charge in [-0.3, -0.25) is 10.1 Å². The van der Waals surface area contributed by atoms with Gasteiger partial charge in [-0.25, -0.2) is 0 Å². The minimum atomic E-state index is -0.380. The average Bonchev–Trinajstić information content (AvgIpc) is 2.46. The molecule has 0 atom stereocenters. The molecule has 0 aliphatic heterocycles. The Morgan fingerprint density at radius 2 is 1.85 bits per heavy atom. The maximum absolute atomic E-state index is 10.7. The Bertz CT molecular complexity index is 594. The third kappa shape index (κ3) is 3.47. The molecule has 0 saturated carbocycles. The number of rotatable bonds is 5. The van der Waals surface area contributed by atoms with Gasteiger partial charge in [-0.1, -0.05) is 12.1 Å². The number of nitrogens with one attached hydrogen (secondary N) is 1. The van der Waals surface area contributed by atoms with Crippen LogP contribution in [0.15, 0.2) is 48.5 Å². The number of benzene rings is 2. The predicted octanol–water partition coefficient (Wildman–Crippen LogP) is 3.27. The van der Waals surface area contributed by atoms with Crippen molar-refractivity contribution in [3.05, 3.63) is 64.2 Å². The van der Waals surface area contributed by atoms with Gasteiger partial charge < -0.3 is 10.2 Å².